The summed E-state index contributed by atoms with van der Waals surface area (Å²) in [6.07, 6.45) is 2.04. The standard InChI is InChI=1S/C18H20Cl2N4O3S2/c1-2-3-7-17(25)21-12-5-4-6-14(10-12)29(26,27)24-23-18(28)22-13-8-9-15(19)16(20)11-13/h4-6,8-11,24H,2-3,7H2,1H3,(H,21,25)(H2,22,23,28). The summed E-state index contributed by atoms with van der Waals surface area (Å²) in [5.74, 6) is -0.167. The lowest BCUT2D eigenvalue weighted by atomic mass is 10.2. The van der Waals surface area contributed by atoms with E-state index in [2.05, 4.69) is 20.9 Å². The maximum atomic E-state index is 12.5. The smallest absolute Gasteiger partial charge is 0.257 e. The highest BCUT2D eigenvalue weighted by Gasteiger charge is 2.15. The molecule has 0 fully saturated rings. The molecular weight excluding hydrogens is 455 g/mol. The first-order valence-electron chi connectivity index (χ1n) is 8.65. The number of hydrogen-bond donors (Lipinski definition) is 4. The Bertz CT molecular complexity index is 1000. The minimum absolute atomic E-state index is 0.0102. The van der Waals surface area contributed by atoms with E-state index in [1.165, 1.54) is 18.2 Å². The fourth-order valence-electron chi connectivity index (χ4n) is 2.21. The molecule has 2 rings (SSSR count). The lowest BCUT2D eigenvalue weighted by molar-refractivity contribution is -0.116. The van der Waals surface area contributed by atoms with Crippen molar-refractivity contribution < 1.29 is 13.2 Å². The molecule has 0 atom stereocenters. The lowest BCUT2D eigenvalue weighted by Gasteiger charge is -2.13. The van der Waals surface area contributed by atoms with Crippen LogP contribution in [-0.2, 0) is 14.8 Å². The van der Waals surface area contributed by atoms with Crippen LogP contribution in [0.15, 0.2) is 47.4 Å². The number of thiocarbonyl (C=S) groups is 1. The minimum Gasteiger partial charge on any atom is -0.332 e. The van der Waals surface area contributed by atoms with E-state index in [4.69, 9.17) is 35.4 Å². The maximum absolute atomic E-state index is 12.5. The van der Waals surface area contributed by atoms with Gasteiger partial charge < -0.3 is 10.6 Å². The van der Waals surface area contributed by atoms with Gasteiger partial charge in [0.1, 0.15) is 0 Å². The second-order valence-corrected chi connectivity index (χ2v) is 8.90. The SMILES string of the molecule is CCCCC(=O)Nc1cccc(S(=O)(=O)NNC(=S)Nc2ccc(Cl)c(Cl)c2)c1. The molecule has 0 aliphatic heterocycles. The summed E-state index contributed by atoms with van der Waals surface area (Å²) in [7, 11) is -3.92. The van der Waals surface area contributed by atoms with E-state index >= 15 is 0 Å². The number of anilines is 2. The Balaban J connectivity index is 1.98. The zero-order valence-electron chi connectivity index (χ0n) is 15.5. The number of sulfonamides is 1. The second kappa shape index (κ2) is 10.7. The summed E-state index contributed by atoms with van der Waals surface area (Å²) in [6.45, 7) is 1.99. The maximum Gasteiger partial charge on any atom is 0.257 e. The van der Waals surface area contributed by atoms with Gasteiger partial charge in [0.25, 0.3) is 10.0 Å². The van der Waals surface area contributed by atoms with Crippen molar-refractivity contribution in [1.29, 1.82) is 0 Å². The largest absolute Gasteiger partial charge is 0.332 e. The number of carbonyl (C=O) groups is 1. The number of nitrogens with one attached hydrogen (secondary N) is 4. The summed E-state index contributed by atoms with van der Waals surface area (Å²) < 4.78 is 25.0. The van der Waals surface area contributed by atoms with Crippen LogP contribution >= 0.6 is 35.4 Å². The van der Waals surface area contributed by atoms with Gasteiger partial charge in [0.15, 0.2) is 5.11 Å². The van der Waals surface area contributed by atoms with Crippen LogP contribution in [0.25, 0.3) is 0 Å². The molecule has 0 radical (unpaired) electrons. The molecule has 4 N–H and O–H groups in total. The monoisotopic (exact) mass is 474 g/mol. The van der Waals surface area contributed by atoms with Gasteiger partial charge in [-0.05, 0) is 55.0 Å². The Morgan fingerprint density at radius 3 is 2.45 bits per heavy atom. The normalized spacial score (nSPS) is 11.0. The fraction of sp³-hybridized carbons (Fsp3) is 0.222. The van der Waals surface area contributed by atoms with Crippen LogP contribution in [0.3, 0.4) is 0 Å². The first kappa shape index (κ1) is 23.4. The highest BCUT2D eigenvalue weighted by atomic mass is 35.5. The van der Waals surface area contributed by atoms with Gasteiger partial charge in [0.05, 0.1) is 14.9 Å². The third kappa shape index (κ3) is 7.45. The van der Waals surface area contributed by atoms with Crippen molar-refractivity contribution in [3.05, 3.63) is 52.5 Å². The van der Waals surface area contributed by atoms with Gasteiger partial charge >= 0.3 is 0 Å². The molecular formula is C18H20Cl2N4O3S2. The van der Waals surface area contributed by atoms with E-state index in [1.54, 1.807) is 24.3 Å². The van der Waals surface area contributed by atoms with Crippen molar-refractivity contribution in [3.8, 4) is 0 Å². The van der Waals surface area contributed by atoms with Crippen LogP contribution in [0.1, 0.15) is 26.2 Å². The van der Waals surface area contributed by atoms with Crippen LogP contribution in [0.4, 0.5) is 11.4 Å². The number of benzene rings is 2. The van der Waals surface area contributed by atoms with Crippen molar-refractivity contribution in [1.82, 2.24) is 10.3 Å². The number of carbonyl (C=O) groups excluding carboxylic acids is 1. The Morgan fingerprint density at radius 1 is 1.03 bits per heavy atom. The predicted octanol–water partition coefficient (Wildman–Crippen LogP) is 4.30. The molecule has 2 aromatic rings. The van der Waals surface area contributed by atoms with E-state index in [0.717, 1.165) is 12.8 Å². The molecule has 0 spiro atoms. The van der Waals surface area contributed by atoms with Gasteiger partial charge in [-0.2, -0.15) is 0 Å². The van der Waals surface area contributed by atoms with Crippen molar-refractivity contribution >= 4 is 67.8 Å². The number of amides is 1. The molecule has 0 heterocycles. The highest BCUT2D eigenvalue weighted by Crippen LogP contribution is 2.24. The van der Waals surface area contributed by atoms with Crippen molar-refractivity contribution in [2.24, 2.45) is 0 Å². The van der Waals surface area contributed by atoms with E-state index in [9.17, 15) is 13.2 Å². The zero-order chi connectivity index (χ0) is 21.4. The number of halogens is 2. The fourth-order valence-corrected chi connectivity index (χ4v) is 3.64. The van der Waals surface area contributed by atoms with Crippen LogP contribution in [-0.4, -0.2) is 19.4 Å². The summed E-state index contributed by atoms with van der Waals surface area (Å²) in [6, 6.07) is 10.7. The Kier molecular flexibility index (Phi) is 8.66. The van der Waals surface area contributed by atoms with Crippen LogP contribution < -0.4 is 20.9 Å². The van der Waals surface area contributed by atoms with E-state index in [1.807, 2.05) is 6.92 Å². The van der Waals surface area contributed by atoms with E-state index < -0.39 is 10.0 Å². The molecule has 0 aliphatic carbocycles. The molecule has 11 heteroatoms. The third-order valence-electron chi connectivity index (χ3n) is 3.66. The average Bonchev–Trinajstić information content (AvgIpc) is 2.68. The molecule has 1 amide bonds. The molecule has 0 unspecified atom stereocenters. The van der Waals surface area contributed by atoms with Gasteiger partial charge in [-0.25, -0.2) is 8.42 Å². The first-order valence-corrected chi connectivity index (χ1v) is 11.3. The molecule has 0 aromatic heterocycles. The van der Waals surface area contributed by atoms with Crippen molar-refractivity contribution in [3.63, 3.8) is 0 Å². The Labute approximate surface area is 185 Å². The molecule has 0 saturated heterocycles. The number of unbranched alkanes of at least 4 members (excludes halogenated alkanes) is 1. The van der Waals surface area contributed by atoms with Gasteiger partial charge in [0, 0.05) is 17.8 Å². The van der Waals surface area contributed by atoms with E-state index in [-0.39, 0.29) is 15.9 Å². The lowest BCUT2D eigenvalue weighted by Crippen LogP contribution is -2.43. The van der Waals surface area contributed by atoms with Gasteiger partial charge in [-0.1, -0.05) is 42.6 Å². The van der Waals surface area contributed by atoms with Crippen LogP contribution in [0, 0.1) is 0 Å². The van der Waals surface area contributed by atoms with Crippen LogP contribution in [0.2, 0.25) is 10.0 Å². The molecule has 2 aromatic carbocycles. The summed E-state index contributed by atoms with van der Waals surface area (Å²) >= 11 is 16.8. The molecule has 0 saturated carbocycles. The number of rotatable bonds is 8. The summed E-state index contributed by atoms with van der Waals surface area (Å²) in [4.78, 5) is 14.0. The zero-order valence-corrected chi connectivity index (χ0v) is 18.6. The summed E-state index contributed by atoms with van der Waals surface area (Å²) in [5, 5.41) is 6.20. The quantitative estimate of drug-likeness (QED) is 0.336. The second-order valence-electron chi connectivity index (χ2n) is 5.99. The number of hydrazine groups is 1. The summed E-state index contributed by atoms with van der Waals surface area (Å²) in [5.41, 5.74) is 3.34. The molecule has 0 aliphatic rings. The molecule has 7 nitrogen and oxygen atoms in total. The van der Waals surface area contributed by atoms with Crippen LogP contribution in [0.5, 0.6) is 0 Å². The highest BCUT2D eigenvalue weighted by molar-refractivity contribution is 7.89. The first-order chi connectivity index (χ1) is 13.7. The third-order valence-corrected chi connectivity index (χ3v) is 5.85. The number of hydrogen-bond acceptors (Lipinski definition) is 4. The van der Waals surface area contributed by atoms with Crippen molar-refractivity contribution in [2.75, 3.05) is 10.6 Å². The molecule has 0 bridgehead atoms. The Hall–Kier alpha value is -1.91. The topological polar surface area (TPSA) is 99.3 Å². The average molecular weight is 475 g/mol. The minimum atomic E-state index is -3.92. The van der Waals surface area contributed by atoms with Gasteiger partial charge in [-0.3, -0.25) is 10.2 Å². The molecule has 29 heavy (non-hydrogen) atoms. The van der Waals surface area contributed by atoms with E-state index in [0.29, 0.717) is 27.8 Å². The van der Waals surface area contributed by atoms with Gasteiger partial charge in [-0.15, -0.1) is 4.83 Å². The molecule has 156 valence electrons. The predicted molar refractivity (Wildman–Crippen MR) is 121 cm³/mol. The Morgan fingerprint density at radius 2 is 1.76 bits per heavy atom. The van der Waals surface area contributed by atoms with Crippen molar-refractivity contribution in [2.45, 2.75) is 31.1 Å². The van der Waals surface area contributed by atoms with Gasteiger partial charge in [0.2, 0.25) is 5.91 Å².